The van der Waals surface area contributed by atoms with E-state index in [2.05, 4.69) is 20.9 Å². The van der Waals surface area contributed by atoms with Gasteiger partial charge < -0.3 is 15.1 Å². The van der Waals surface area contributed by atoms with Gasteiger partial charge in [-0.25, -0.2) is 4.68 Å². The van der Waals surface area contributed by atoms with Crippen molar-refractivity contribution in [2.75, 3.05) is 10.2 Å². The van der Waals surface area contributed by atoms with Gasteiger partial charge in [-0.15, -0.1) is 5.10 Å². The molecule has 5 rings (SSSR count). The van der Waals surface area contributed by atoms with Crippen LogP contribution < -0.4 is 15.5 Å². The lowest BCUT2D eigenvalue weighted by molar-refractivity contribution is -0.128. The molecule has 10 nitrogen and oxygen atoms in total. The second kappa shape index (κ2) is 11.3. The fourth-order valence-electron chi connectivity index (χ4n) is 4.93. The van der Waals surface area contributed by atoms with Crippen molar-refractivity contribution in [2.45, 2.75) is 57.7 Å². The van der Waals surface area contributed by atoms with Crippen LogP contribution >= 0.6 is 0 Å². The number of rotatable bonds is 8. The summed E-state index contributed by atoms with van der Waals surface area (Å²) < 4.78 is 7.22. The van der Waals surface area contributed by atoms with Crippen LogP contribution in [0.4, 0.5) is 11.4 Å². The van der Waals surface area contributed by atoms with Crippen molar-refractivity contribution in [2.24, 2.45) is 0 Å². The Morgan fingerprint density at radius 3 is 2.50 bits per heavy atom. The third-order valence-corrected chi connectivity index (χ3v) is 6.71. The number of nitrogens with one attached hydrogen (secondary N) is 2. The molecule has 4 aromatic rings. The van der Waals surface area contributed by atoms with E-state index in [4.69, 9.17) is 4.42 Å². The zero-order valence-electron chi connectivity index (χ0n) is 21.2. The maximum Gasteiger partial charge on any atom is 0.251 e. The maximum absolute atomic E-state index is 14.0. The minimum absolute atomic E-state index is 0.0482. The summed E-state index contributed by atoms with van der Waals surface area (Å²) in [7, 11) is 0. The van der Waals surface area contributed by atoms with Crippen molar-refractivity contribution in [1.82, 2.24) is 20.3 Å². The Hall–Kier alpha value is -4.47. The third kappa shape index (κ3) is 5.59. The third-order valence-electron chi connectivity index (χ3n) is 6.71. The van der Waals surface area contributed by atoms with Gasteiger partial charge in [-0.3, -0.25) is 19.3 Å². The fourth-order valence-corrected chi connectivity index (χ4v) is 4.93. The van der Waals surface area contributed by atoms with E-state index in [-0.39, 0.29) is 30.3 Å². The SMILES string of the molecule is CC(=O)Nc1ccc(N(C(=O)Cn2nnc3ccccc32)[C@H](C(=O)NC2CCCCC2)c2ccco2)cc1. The number of carbonyl (C=O) groups is 3. The quantitative estimate of drug-likeness (QED) is 0.363. The number of hydrogen-bond donors (Lipinski definition) is 2. The number of furan rings is 1. The smallest absolute Gasteiger partial charge is 0.251 e. The molecule has 0 radical (unpaired) electrons. The number of hydrogen-bond acceptors (Lipinski definition) is 6. The first-order chi connectivity index (χ1) is 18.5. The van der Waals surface area contributed by atoms with Crippen LogP contribution in [-0.2, 0) is 20.9 Å². The van der Waals surface area contributed by atoms with Crippen LogP contribution in [0.3, 0.4) is 0 Å². The Labute approximate surface area is 220 Å². The van der Waals surface area contributed by atoms with E-state index >= 15 is 0 Å². The summed E-state index contributed by atoms with van der Waals surface area (Å²) in [6.07, 6.45) is 6.57. The van der Waals surface area contributed by atoms with E-state index in [1.165, 1.54) is 22.8 Å². The first-order valence-electron chi connectivity index (χ1n) is 12.8. The van der Waals surface area contributed by atoms with Crippen LogP contribution in [0.2, 0.25) is 0 Å². The van der Waals surface area contributed by atoms with Crippen LogP contribution in [0.25, 0.3) is 11.0 Å². The summed E-state index contributed by atoms with van der Waals surface area (Å²) in [5.74, 6) is -0.534. The molecule has 3 amide bonds. The molecule has 1 fully saturated rings. The van der Waals surface area contributed by atoms with Crippen molar-refractivity contribution in [3.8, 4) is 0 Å². The van der Waals surface area contributed by atoms with E-state index in [1.807, 2.05) is 24.3 Å². The van der Waals surface area contributed by atoms with E-state index in [0.717, 1.165) is 32.1 Å². The molecule has 2 N–H and O–H groups in total. The second-order valence-corrected chi connectivity index (χ2v) is 9.49. The average Bonchev–Trinajstić information content (AvgIpc) is 3.59. The monoisotopic (exact) mass is 514 g/mol. The Morgan fingerprint density at radius 1 is 1.03 bits per heavy atom. The van der Waals surface area contributed by atoms with Crippen molar-refractivity contribution in [1.29, 1.82) is 0 Å². The summed E-state index contributed by atoms with van der Waals surface area (Å²) >= 11 is 0. The van der Waals surface area contributed by atoms with Crippen molar-refractivity contribution in [3.63, 3.8) is 0 Å². The summed E-state index contributed by atoms with van der Waals surface area (Å²) in [6.45, 7) is 1.29. The van der Waals surface area contributed by atoms with Crippen LogP contribution in [0.15, 0.2) is 71.3 Å². The number of nitrogens with zero attached hydrogens (tertiary/aromatic N) is 4. The van der Waals surface area contributed by atoms with Gasteiger partial charge >= 0.3 is 0 Å². The molecule has 2 heterocycles. The van der Waals surface area contributed by atoms with Gasteiger partial charge in [0, 0.05) is 24.3 Å². The Kier molecular flexibility index (Phi) is 7.48. The molecular weight excluding hydrogens is 484 g/mol. The summed E-state index contributed by atoms with van der Waals surface area (Å²) in [5.41, 5.74) is 2.44. The maximum atomic E-state index is 14.0. The number of aromatic nitrogens is 3. The highest BCUT2D eigenvalue weighted by molar-refractivity contribution is 6.01. The van der Waals surface area contributed by atoms with Crippen LogP contribution in [0.1, 0.15) is 50.8 Å². The molecule has 0 unspecified atom stereocenters. The van der Waals surface area contributed by atoms with Gasteiger partial charge in [-0.1, -0.05) is 36.6 Å². The Morgan fingerprint density at radius 2 is 1.79 bits per heavy atom. The van der Waals surface area contributed by atoms with E-state index in [1.54, 1.807) is 36.4 Å². The molecular formula is C28H30N6O4. The number of para-hydroxylation sites is 1. The molecule has 0 saturated heterocycles. The normalized spacial score (nSPS) is 14.7. The topological polar surface area (TPSA) is 122 Å². The number of anilines is 2. The van der Waals surface area contributed by atoms with Gasteiger partial charge in [-0.2, -0.15) is 0 Å². The molecule has 1 aliphatic rings. The van der Waals surface area contributed by atoms with Gasteiger partial charge in [0.1, 0.15) is 17.8 Å². The first kappa shape index (κ1) is 25.2. The van der Waals surface area contributed by atoms with E-state index < -0.39 is 6.04 Å². The molecule has 2 aromatic heterocycles. The number of amides is 3. The highest BCUT2D eigenvalue weighted by Crippen LogP contribution is 2.31. The van der Waals surface area contributed by atoms with Gasteiger partial charge in [0.15, 0.2) is 6.04 Å². The highest BCUT2D eigenvalue weighted by Gasteiger charge is 2.36. The average molecular weight is 515 g/mol. The molecule has 2 aromatic carbocycles. The lowest BCUT2D eigenvalue weighted by atomic mass is 9.95. The summed E-state index contributed by atoms with van der Waals surface area (Å²) in [5, 5.41) is 14.2. The minimum Gasteiger partial charge on any atom is -0.467 e. The molecule has 38 heavy (non-hydrogen) atoms. The van der Waals surface area contributed by atoms with Gasteiger partial charge in [0.25, 0.3) is 5.91 Å². The van der Waals surface area contributed by atoms with Crippen molar-refractivity contribution >= 4 is 40.1 Å². The first-order valence-corrected chi connectivity index (χ1v) is 12.8. The Bertz CT molecular complexity index is 1410. The molecule has 1 aliphatic carbocycles. The molecule has 0 bridgehead atoms. The standard InChI is InChI=1S/C28H30N6O4/c1-19(35)29-21-13-15-22(16-14-21)34(26(36)18-33-24-11-6-5-10-23(24)31-32-33)27(25-12-7-17-38-25)28(37)30-20-8-3-2-4-9-20/h5-7,10-17,20,27H,2-4,8-9,18H2,1H3,(H,29,35)(H,30,37)/t27-/m0/s1. The number of fused-ring (bicyclic) bond motifs is 1. The fraction of sp³-hybridized carbons (Fsp3) is 0.321. The lowest BCUT2D eigenvalue weighted by Crippen LogP contribution is -2.48. The minimum atomic E-state index is -1.04. The molecule has 196 valence electrons. The van der Waals surface area contributed by atoms with Crippen LogP contribution in [-0.4, -0.2) is 38.8 Å². The molecule has 10 heteroatoms. The van der Waals surface area contributed by atoms with Crippen molar-refractivity contribution < 1.29 is 18.8 Å². The predicted octanol–water partition coefficient (Wildman–Crippen LogP) is 4.21. The van der Waals surface area contributed by atoms with E-state index in [0.29, 0.717) is 28.2 Å². The molecule has 1 atom stereocenters. The highest BCUT2D eigenvalue weighted by atomic mass is 16.3. The van der Waals surface area contributed by atoms with E-state index in [9.17, 15) is 14.4 Å². The largest absolute Gasteiger partial charge is 0.467 e. The zero-order chi connectivity index (χ0) is 26.5. The molecule has 0 aliphatic heterocycles. The number of benzene rings is 2. The summed E-state index contributed by atoms with van der Waals surface area (Å²) in [4.78, 5) is 40.7. The van der Waals surface area contributed by atoms with Crippen LogP contribution in [0, 0.1) is 0 Å². The van der Waals surface area contributed by atoms with Gasteiger partial charge in [0.2, 0.25) is 11.8 Å². The molecule has 0 spiro atoms. The van der Waals surface area contributed by atoms with Gasteiger partial charge in [-0.05, 0) is 61.4 Å². The Balaban J connectivity index is 1.52. The zero-order valence-corrected chi connectivity index (χ0v) is 21.2. The summed E-state index contributed by atoms with van der Waals surface area (Å²) in [6, 6.07) is 16.6. The van der Waals surface area contributed by atoms with Gasteiger partial charge in [0.05, 0.1) is 11.8 Å². The van der Waals surface area contributed by atoms with Crippen LogP contribution in [0.5, 0.6) is 0 Å². The lowest BCUT2D eigenvalue weighted by Gasteiger charge is -2.32. The number of carbonyl (C=O) groups excluding carboxylic acids is 3. The van der Waals surface area contributed by atoms with Crippen molar-refractivity contribution in [3.05, 3.63) is 72.7 Å². The molecule has 1 saturated carbocycles. The second-order valence-electron chi connectivity index (χ2n) is 9.49. The predicted molar refractivity (Wildman–Crippen MR) is 142 cm³/mol.